The van der Waals surface area contributed by atoms with Crippen LogP contribution in [0.4, 0.5) is 0 Å². The summed E-state index contributed by atoms with van der Waals surface area (Å²) in [5, 5.41) is 1.12. The Morgan fingerprint density at radius 1 is 1.23 bits per heavy atom. The van der Waals surface area contributed by atoms with Crippen molar-refractivity contribution in [3.05, 3.63) is 36.1 Å². The Bertz CT molecular complexity index is 332. The topological polar surface area (TPSA) is 39.2 Å². The lowest BCUT2D eigenvalue weighted by atomic mass is 10.2. The van der Waals surface area contributed by atoms with Crippen molar-refractivity contribution >= 4 is 11.0 Å². The maximum atomic E-state index is 5.42. The van der Waals surface area contributed by atoms with Crippen molar-refractivity contribution in [1.82, 2.24) is 0 Å². The zero-order valence-corrected chi connectivity index (χ0v) is 8.08. The van der Waals surface area contributed by atoms with E-state index in [0.29, 0.717) is 6.54 Å². The molecule has 1 aromatic carbocycles. The third kappa shape index (κ3) is 2.10. The number of nitrogens with two attached hydrogens (primary N) is 1. The summed E-state index contributed by atoms with van der Waals surface area (Å²) in [7, 11) is 0. The van der Waals surface area contributed by atoms with Crippen molar-refractivity contribution in [3.63, 3.8) is 0 Å². The third-order valence-electron chi connectivity index (χ3n) is 1.68. The Morgan fingerprint density at radius 2 is 1.92 bits per heavy atom. The highest BCUT2D eigenvalue weighted by molar-refractivity contribution is 5.77. The van der Waals surface area contributed by atoms with E-state index in [-0.39, 0.29) is 0 Å². The molecule has 70 valence electrons. The SMILES string of the molecule is CC.NCc1cc2ccccc2o1. The van der Waals surface area contributed by atoms with E-state index >= 15 is 0 Å². The molecule has 0 aliphatic carbocycles. The molecule has 0 amide bonds. The first-order valence-corrected chi connectivity index (χ1v) is 4.57. The van der Waals surface area contributed by atoms with Crippen molar-refractivity contribution in [3.8, 4) is 0 Å². The molecule has 1 heterocycles. The predicted octanol–water partition coefficient (Wildman–Crippen LogP) is 2.92. The van der Waals surface area contributed by atoms with Gasteiger partial charge in [-0.25, -0.2) is 0 Å². The van der Waals surface area contributed by atoms with E-state index in [2.05, 4.69) is 0 Å². The van der Waals surface area contributed by atoms with Crippen LogP contribution in [0.3, 0.4) is 0 Å². The molecule has 2 nitrogen and oxygen atoms in total. The van der Waals surface area contributed by atoms with Crippen molar-refractivity contribution in [2.75, 3.05) is 0 Å². The highest BCUT2D eigenvalue weighted by atomic mass is 16.3. The number of benzene rings is 1. The van der Waals surface area contributed by atoms with Crippen molar-refractivity contribution in [2.45, 2.75) is 20.4 Å². The molecule has 0 saturated heterocycles. The third-order valence-corrected chi connectivity index (χ3v) is 1.68. The molecule has 0 bridgehead atoms. The van der Waals surface area contributed by atoms with Gasteiger partial charge in [-0.1, -0.05) is 32.0 Å². The maximum absolute atomic E-state index is 5.42. The minimum atomic E-state index is 0.467. The number of fused-ring (bicyclic) bond motifs is 1. The van der Waals surface area contributed by atoms with Gasteiger partial charge in [0.1, 0.15) is 11.3 Å². The Morgan fingerprint density at radius 3 is 2.54 bits per heavy atom. The molecule has 0 unspecified atom stereocenters. The first-order chi connectivity index (χ1) is 6.40. The molecule has 0 atom stereocenters. The summed E-state index contributed by atoms with van der Waals surface area (Å²) in [5.74, 6) is 0.839. The van der Waals surface area contributed by atoms with Gasteiger partial charge in [0.2, 0.25) is 0 Å². The molecule has 13 heavy (non-hydrogen) atoms. The van der Waals surface area contributed by atoms with Gasteiger partial charge in [-0.3, -0.25) is 0 Å². The molecule has 2 aromatic rings. The number of para-hydroxylation sites is 1. The Labute approximate surface area is 78.3 Å². The summed E-state index contributed by atoms with van der Waals surface area (Å²) >= 11 is 0. The van der Waals surface area contributed by atoms with E-state index in [1.54, 1.807) is 0 Å². The van der Waals surface area contributed by atoms with E-state index in [1.807, 2.05) is 44.2 Å². The van der Waals surface area contributed by atoms with Crippen molar-refractivity contribution in [1.29, 1.82) is 0 Å². The van der Waals surface area contributed by atoms with Crippen LogP contribution in [-0.4, -0.2) is 0 Å². The maximum Gasteiger partial charge on any atom is 0.134 e. The fourth-order valence-electron chi connectivity index (χ4n) is 1.14. The number of hydrogen-bond acceptors (Lipinski definition) is 2. The minimum Gasteiger partial charge on any atom is -0.460 e. The first-order valence-electron chi connectivity index (χ1n) is 4.57. The van der Waals surface area contributed by atoms with Crippen LogP contribution < -0.4 is 5.73 Å². The molecule has 0 fully saturated rings. The normalized spacial score (nSPS) is 9.46. The van der Waals surface area contributed by atoms with Gasteiger partial charge in [0.05, 0.1) is 6.54 Å². The van der Waals surface area contributed by atoms with Crippen molar-refractivity contribution in [2.24, 2.45) is 5.73 Å². The largest absolute Gasteiger partial charge is 0.460 e. The lowest BCUT2D eigenvalue weighted by molar-refractivity contribution is 0.552. The Hall–Kier alpha value is -1.28. The summed E-state index contributed by atoms with van der Waals surface area (Å²) in [6, 6.07) is 9.85. The number of hydrogen-bond donors (Lipinski definition) is 1. The summed E-state index contributed by atoms with van der Waals surface area (Å²) in [4.78, 5) is 0. The quantitative estimate of drug-likeness (QED) is 0.727. The number of rotatable bonds is 1. The summed E-state index contributed by atoms with van der Waals surface area (Å²) < 4.78 is 5.39. The van der Waals surface area contributed by atoms with Crippen LogP contribution in [0.15, 0.2) is 34.7 Å². The van der Waals surface area contributed by atoms with Gasteiger partial charge in [0.15, 0.2) is 0 Å². The highest BCUT2D eigenvalue weighted by Gasteiger charge is 1.98. The van der Waals surface area contributed by atoms with Gasteiger partial charge in [0.25, 0.3) is 0 Å². The Kier molecular flexibility index (Phi) is 3.53. The van der Waals surface area contributed by atoms with E-state index < -0.39 is 0 Å². The second kappa shape index (κ2) is 4.67. The van der Waals surface area contributed by atoms with Gasteiger partial charge >= 0.3 is 0 Å². The molecular formula is C11H15NO. The van der Waals surface area contributed by atoms with Crippen molar-refractivity contribution < 1.29 is 4.42 Å². The van der Waals surface area contributed by atoms with E-state index in [4.69, 9.17) is 10.2 Å². The highest BCUT2D eigenvalue weighted by Crippen LogP contribution is 2.17. The second-order valence-corrected chi connectivity index (χ2v) is 2.45. The van der Waals surface area contributed by atoms with Gasteiger partial charge in [-0.05, 0) is 12.1 Å². The molecule has 0 aliphatic heterocycles. The second-order valence-electron chi connectivity index (χ2n) is 2.45. The molecular weight excluding hydrogens is 162 g/mol. The average molecular weight is 177 g/mol. The minimum absolute atomic E-state index is 0.467. The number of furan rings is 1. The van der Waals surface area contributed by atoms with Crippen LogP contribution in [0.2, 0.25) is 0 Å². The summed E-state index contributed by atoms with van der Waals surface area (Å²) in [5.41, 5.74) is 6.33. The zero-order chi connectivity index (χ0) is 9.68. The van der Waals surface area contributed by atoms with Crippen LogP contribution in [-0.2, 0) is 6.54 Å². The van der Waals surface area contributed by atoms with Gasteiger partial charge < -0.3 is 10.2 Å². The molecule has 1 aromatic heterocycles. The first kappa shape index (κ1) is 9.81. The van der Waals surface area contributed by atoms with Crippen LogP contribution >= 0.6 is 0 Å². The molecule has 2 heteroatoms. The molecule has 0 spiro atoms. The summed E-state index contributed by atoms with van der Waals surface area (Å²) in [6.07, 6.45) is 0. The summed E-state index contributed by atoms with van der Waals surface area (Å²) in [6.45, 7) is 4.47. The molecule has 2 rings (SSSR count). The predicted molar refractivity (Wildman–Crippen MR) is 55.5 cm³/mol. The lowest BCUT2D eigenvalue weighted by Crippen LogP contribution is -1.92. The molecule has 0 radical (unpaired) electrons. The van der Waals surface area contributed by atoms with E-state index in [1.165, 1.54) is 0 Å². The van der Waals surface area contributed by atoms with E-state index in [9.17, 15) is 0 Å². The van der Waals surface area contributed by atoms with Gasteiger partial charge in [0, 0.05) is 5.39 Å². The van der Waals surface area contributed by atoms with Crippen LogP contribution in [0, 0.1) is 0 Å². The zero-order valence-electron chi connectivity index (χ0n) is 8.08. The fourth-order valence-corrected chi connectivity index (χ4v) is 1.14. The van der Waals surface area contributed by atoms with Crippen LogP contribution in [0.5, 0.6) is 0 Å². The van der Waals surface area contributed by atoms with Crippen LogP contribution in [0.1, 0.15) is 19.6 Å². The standard InChI is InChI=1S/C9H9NO.C2H6/c10-6-8-5-7-3-1-2-4-9(7)11-8;1-2/h1-5H,6,10H2;1-2H3. The molecule has 0 aliphatic rings. The smallest absolute Gasteiger partial charge is 0.134 e. The van der Waals surface area contributed by atoms with E-state index in [0.717, 1.165) is 16.7 Å². The average Bonchev–Trinajstić information content (AvgIpc) is 2.63. The van der Waals surface area contributed by atoms with Gasteiger partial charge in [-0.2, -0.15) is 0 Å². The fraction of sp³-hybridized carbons (Fsp3) is 0.273. The van der Waals surface area contributed by atoms with Crippen LogP contribution in [0.25, 0.3) is 11.0 Å². The Balaban J connectivity index is 0.000000396. The lowest BCUT2D eigenvalue weighted by Gasteiger charge is -1.84. The molecule has 2 N–H and O–H groups in total. The monoisotopic (exact) mass is 177 g/mol. The van der Waals surface area contributed by atoms with Gasteiger partial charge in [-0.15, -0.1) is 0 Å². The molecule has 0 saturated carbocycles.